The van der Waals surface area contributed by atoms with Gasteiger partial charge in [0.25, 0.3) is 5.91 Å². The first-order valence-corrected chi connectivity index (χ1v) is 9.47. The highest BCUT2D eigenvalue weighted by Crippen LogP contribution is 2.30. The Kier molecular flexibility index (Phi) is 4.79. The molecule has 0 spiro atoms. The second-order valence-corrected chi connectivity index (χ2v) is 7.20. The molecule has 0 N–H and O–H groups in total. The Morgan fingerprint density at radius 3 is 2.50 bits per heavy atom. The minimum absolute atomic E-state index is 0.312. The van der Waals surface area contributed by atoms with E-state index in [1.807, 2.05) is 36.6 Å². The molecule has 0 saturated heterocycles. The number of halogens is 1. The molecule has 1 atom stereocenters. The summed E-state index contributed by atoms with van der Waals surface area (Å²) in [6, 6.07) is 12.8. The topological polar surface area (TPSA) is 70.3 Å². The SMILES string of the molecule is CC1=NN(c2nc(-c3ccc(C)cc3)cs2)C(=O)[C@H]1N=Nc1ccc(F)cc1. The monoisotopic (exact) mass is 393 g/mol. The van der Waals surface area contributed by atoms with E-state index >= 15 is 0 Å². The van der Waals surface area contributed by atoms with Gasteiger partial charge < -0.3 is 0 Å². The van der Waals surface area contributed by atoms with E-state index < -0.39 is 6.04 Å². The molecule has 0 unspecified atom stereocenters. The second kappa shape index (κ2) is 7.40. The molecule has 1 aromatic heterocycles. The van der Waals surface area contributed by atoms with E-state index in [1.165, 1.54) is 46.2 Å². The predicted molar refractivity (Wildman–Crippen MR) is 108 cm³/mol. The van der Waals surface area contributed by atoms with Gasteiger partial charge in [0.2, 0.25) is 5.13 Å². The summed E-state index contributed by atoms with van der Waals surface area (Å²) >= 11 is 1.34. The summed E-state index contributed by atoms with van der Waals surface area (Å²) in [5.41, 5.74) is 3.94. The number of azo groups is 1. The predicted octanol–water partition coefficient (Wildman–Crippen LogP) is 5.13. The van der Waals surface area contributed by atoms with E-state index in [0.717, 1.165) is 11.3 Å². The number of amides is 1. The van der Waals surface area contributed by atoms with E-state index in [1.54, 1.807) is 6.92 Å². The number of carbonyl (C=O) groups is 1. The van der Waals surface area contributed by atoms with Gasteiger partial charge in [-0.25, -0.2) is 9.37 Å². The maximum Gasteiger partial charge on any atom is 0.282 e. The quantitative estimate of drug-likeness (QED) is 0.576. The minimum Gasteiger partial charge on any atom is -0.269 e. The summed E-state index contributed by atoms with van der Waals surface area (Å²) in [6.45, 7) is 3.75. The first kappa shape index (κ1) is 18.1. The van der Waals surface area contributed by atoms with Gasteiger partial charge in [0.15, 0.2) is 6.04 Å². The van der Waals surface area contributed by atoms with Gasteiger partial charge in [0.1, 0.15) is 5.82 Å². The van der Waals surface area contributed by atoms with E-state index in [2.05, 4.69) is 20.3 Å². The third kappa shape index (κ3) is 3.59. The lowest BCUT2D eigenvalue weighted by Gasteiger charge is -2.08. The van der Waals surface area contributed by atoms with Crippen molar-refractivity contribution in [1.29, 1.82) is 0 Å². The number of rotatable bonds is 4. The Hall–Kier alpha value is -3.26. The Morgan fingerprint density at radius 2 is 1.79 bits per heavy atom. The maximum absolute atomic E-state index is 13.0. The second-order valence-electron chi connectivity index (χ2n) is 6.37. The molecular weight excluding hydrogens is 377 g/mol. The molecule has 2 aromatic carbocycles. The van der Waals surface area contributed by atoms with Crippen molar-refractivity contribution in [1.82, 2.24) is 4.98 Å². The van der Waals surface area contributed by atoms with E-state index in [-0.39, 0.29) is 11.7 Å². The van der Waals surface area contributed by atoms with Crippen molar-refractivity contribution < 1.29 is 9.18 Å². The normalized spacial score (nSPS) is 16.8. The third-order valence-electron chi connectivity index (χ3n) is 4.23. The zero-order valence-corrected chi connectivity index (χ0v) is 16.0. The van der Waals surface area contributed by atoms with Crippen molar-refractivity contribution in [2.45, 2.75) is 19.9 Å². The van der Waals surface area contributed by atoms with Crippen LogP contribution in [0, 0.1) is 12.7 Å². The fourth-order valence-electron chi connectivity index (χ4n) is 2.68. The zero-order chi connectivity index (χ0) is 19.7. The number of hydrazone groups is 1. The standard InChI is InChI=1S/C20H16FN5OS/c1-12-3-5-14(6-4-12)17-11-28-20(22-17)26-19(27)18(13(2)25-26)24-23-16-9-7-15(21)8-10-16/h3-11,18H,1-2H3/t18-/m0/s1. The van der Waals surface area contributed by atoms with Crippen molar-refractivity contribution in [3.8, 4) is 11.3 Å². The maximum atomic E-state index is 13.0. The van der Waals surface area contributed by atoms with Gasteiger partial charge in [0.05, 0.1) is 17.1 Å². The van der Waals surface area contributed by atoms with Gasteiger partial charge >= 0.3 is 0 Å². The van der Waals surface area contributed by atoms with Crippen molar-refractivity contribution >= 4 is 33.8 Å². The number of hydrogen-bond donors (Lipinski definition) is 0. The molecule has 0 aliphatic carbocycles. The van der Waals surface area contributed by atoms with Gasteiger partial charge in [-0.1, -0.05) is 29.8 Å². The first-order valence-electron chi connectivity index (χ1n) is 8.59. The molecule has 6 nitrogen and oxygen atoms in total. The molecule has 1 aliphatic heterocycles. The summed E-state index contributed by atoms with van der Waals surface area (Å²) in [4.78, 5) is 17.3. The molecule has 1 amide bonds. The van der Waals surface area contributed by atoms with E-state index in [4.69, 9.17) is 0 Å². The summed E-state index contributed by atoms with van der Waals surface area (Å²) < 4.78 is 13.0. The van der Waals surface area contributed by atoms with Crippen LogP contribution in [0.2, 0.25) is 0 Å². The lowest BCUT2D eigenvalue weighted by atomic mass is 10.1. The first-order chi connectivity index (χ1) is 13.5. The van der Waals surface area contributed by atoms with Crippen LogP contribution in [0.1, 0.15) is 12.5 Å². The summed E-state index contributed by atoms with van der Waals surface area (Å²) in [5, 5.41) is 16.1. The smallest absolute Gasteiger partial charge is 0.269 e. The summed E-state index contributed by atoms with van der Waals surface area (Å²) in [5.74, 6) is -0.666. The highest BCUT2D eigenvalue weighted by atomic mass is 32.1. The molecule has 0 saturated carbocycles. The fourth-order valence-corrected chi connectivity index (χ4v) is 3.46. The number of thiazole rings is 1. The molecule has 3 aromatic rings. The molecule has 8 heteroatoms. The van der Waals surface area contributed by atoms with Gasteiger partial charge in [-0.15, -0.1) is 11.3 Å². The van der Waals surface area contributed by atoms with Crippen LogP contribution < -0.4 is 5.01 Å². The lowest BCUT2D eigenvalue weighted by Crippen LogP contribution is -2.29. The van der Waals surface area contributed by atoms with Gasteiger partial charge in [-0.05, 0) is 38.1 Å². The Bertz CT molecular complexity index is 1070. The van der Waals surface area contributed by atoms with Gasteiger partial charge in [-0.3, -0.25) is 4.79 Å². The molecule has 2 heterocycles. The highest BCUT2D eigenvalue weighted by molar-refractivity contribution is 7.14. The molecule has 140 valence electrons. The molecular formula is C20H16FN5OS. The van der Waals surface area contributed by atoms with Crippen LogP contribution in [-0.4, -0.2) is 22.6 Å². The number of nitrogens with zero attached hydrogens (tertiary/aromatic N) is 5. The number of anilines is 1. The Morgan fingerprint density at radius 1 is 1.07 bits per heavy atom. The minimum atomic E-state index is -0.809. The molecule has 0 bridgehead atoms. The number of aryl methyl sites for hydroxylation is 1. The van der Waals surface area contributed by atoms with Gasteiger partial charge in [0, 0.05) is 10.9 Å². The Labute approximate surface area is 165 Å². The number of carbonyl (C=O) groups excluding carboxylic acids is 1. The molecule has 1 aliphatic rings. The van der Waals surface area contributed by atoms with Gasteiger partial charge in [-0.2, -0.15) is 20.3 Å². The molecule has 0 fully saturated rings. The average molecular weight is 393 g/mol. The van der Waals surface area contributed by atoms with Crippen LogP contribution in [0.15, 0.2) is 69.2 Å². The summed E-state index contributed by atoms with van der Waals surface area (Å²) in [6.07, 6.45) is 0. The third-order valence-corrected chi connectivity index (χ3v) is 5.05. The molecule has 28 heavy (non-hydrogen) atoms. The highest BCUT2D eigenvalue weighted by Gasteiger charge is 2.36. The largest absolute Gasteiger partial charge is 0.282 e. The van der Waals surface area contributed by atoms with Crippen LogP contribution in [0.5, 0.6) is 0 Å². The van der Waals surface area contributed by atoms with E-state index in [9.17, 15) is 9.18 Å². The average Bonchev–Trinajstić information content (AvgIpc) is 3.27. The van der Waals surface area contributed by atoms with E-state index in [0.29, 0.717) is 16.5 Å². The zero-order valence-electron chi connectivity index (χ0n) is 15.2. The number of aromatic nitrogens is 1. The molecule has 0 radical (unpaired) electrons. The number of benzene rings is 2. The van der Waals surface area contributed by atoms with Crippen LogP contribution in [0.25, 0.3) is 11.3 Å². The molecule has 4 rings (SSSR count). The Balaban J connectivity index is 1.53. The van der Waals surface area contributed by atoms with Crippen LogP contribution in [0.4, 0.5) is 15.2 Å². The summed E-state index contributed by atoms with van der Waals surface area (Å²) in [7, 11) is 0. The van der Waals surface area contributed by atoms with Crippen LogP contribution in [0.3, 0.4) is 0 Å². The lowest BCUT2D eigenvalue weighted by molar-refractivity contribution is -0.117. The van der Waals surface area contributed by atoms with Crippen molar-refractivity contribution in [3.05, 3.63) is 65.3 Å². The fraction of sp³-hybridized carbons (Fsp3) is 0.150. The number of hydrogen-bond acceptors (Lipinski definition) is 6. The van der Waals surface area contributed by atoms with Crippen LogP contribution >= 0.6 is 11.3 Å². The van der Waals surface area contributed by atoms with Crippen molar-refractivity contribution in [2.24, 2.45) is 15.3 Å². The van der Waals surface area contributed by atoms with Crippen molar-refractivity contribution in [3.63, 3.8) is 0 Å². The van der Waals surface area contributed by atoms with Crippen LogP contribution in [-0.2, 0) is 4.79 Å². The van der Waals surface area contributed by atoms with Crippen molar-refractivity contribution in [2.75, 3.05) is 5.01 Å².